The predicted molar refractivity (Wildman–Crippen MR) is 109 cm³/mol. The molecule has 0 spiro atoms. The van der Waals surface area contributed by atoms with Gasteiger partial charge in [0.15, 0.2) is 11.5 Å². The Morgan fingerprint density at radius 3 is 2.79 bits per heavy atom. The molecule has 7 heteroatoms. The quantitative estimate of drug-likeness (QED) is 0.521. The van der Waals surface area contributed by atoms with Crippen LogP contribution in [0.25, 0.3) is 0 Å². The number of phenolic OH excluding ortho intramolecular Hbond substituents is 1. The van der Waals surface area contributed by atoms with Gasteiger partial charge in [-0.15, -0.1) is 0 Å². The largest absolute Gasteiger partial charge is 0.504 e. The number of para-hydroxylation sites is 1. The minimum Gasteiger partial charge on any atom is -0.504 e. The van der Waals surface area contributed by atoms with Gasteiger partial charge in [-0.25, -0.2) is 0 Å². The van der Waals surface area contributed by atoms with Crippen molar-refractivity contribution in [2.75, 3.05) is 13.7 Å². The standard InChI is InChI=1S/C22H23N3O4/c1-29-20-10-3-7-17(22(20)26)15-24-13-5-12-23-11-4-9-19(23)21(24)16-6-2-8-18(14-16)25(27)28/h2-4,6-11,14,21,26H,5,12-13,15H2,1H3/t21-/m0/s1. The van der Waals surface area contributed by atoms with Crippen molar-refractivity contribution in [3.05, 3.63) is 87.7 Å². The van der Waals surface area contributed by atoms with E-state index in [0.29, 0.717) is 12.3 Å². The molecule has 1 aliphatic heterocycles. The zero-order valence-corrected chi connectivity index (χ0v) is 16.2. The van der Waals surface area contributed by atoms with Crippen molar-refractivity contribution >= 4 is 5.69 Å². The number of nitro benzene ring substituents is 1. The first-order chi connectivity index (χ1) is 14.1. The molecule has 0 aliphatic carbocycles. The van der Waals surface area contributed by atoms with Crippen molar-refractivity contribution in [1.82, 2.24) is 9.47 Å². The highest BCUT2D eigenvalue weighted by atomic mass is 16.6. The molecule has 7 nitrogen and oxygen atoms in total. The van der Waals surface area contributed by atoms with Crippen LogP contribution in [-0.4, -0.2) is 33.2 Å². The number of non-ortho nitro benzene ring substituents is 1. The first-order valence-electron chi connectivity index (χ1n) is 9.57. The van der Waals surface area contributed by atoms with Crippen LogP contribution in [0.1, 0.15) is 29.3 Å². The Morgan fingerprint density at radius 2 is 2.00 bits per heavy atom. The monoisotopic (exact) mass is 393 g/mol. The van der Waals surface area contributed by atoms with Gasteiger partial charge in [-0.3, -0.25) is 15.0 Å². The third kappa shape index (κ3) is 3.69. The summed E-state index contributed by atoms with van der Waals surface area (Å²) in [6, 6.07) is 16.2. The van der Waals surface area contributed by atoms with E-state index in [9.17, 15) is 15.2 Å². The molecule has 0 bridgehead atoms. The second-order valence-corrected chi connectivity index (χ2v) is 7.17. The average Bonchev–Trinajstić information content (AvgIpc) is 3.11. The fourth-order valence-electron chi connectivity index (χ4n) is 4.08. The summed E-state index contributed by atoms with van der Waals surface area (Å²) in [6.07, 6.45) is 2.99. The van der Waals surface area contributed by atoms with Crippen molar-refractivity contribution in [2.45, 2.75) is 25.6 Å². The van der Waals surface area contributed by atoms with E-state index < -0.39 is 0 Å². The molecule has 2 heterocycles. The molecule has 3 aromatic rings. The summed E-state index contributed by atoms with van der Waals surface area (Å²) in [6.45, 7) is 2.18. The van der Waals surface area contributed by atoms with Crippen LogP contribution >= 0.6 is 0 Å². The van der Waals surface area contributed by atoms with Crippen LogP contribution < -0.4 is 4.74 Å². The number of nitro groups is 1. The number of benzene rings is 2. The van der Waals surface area contributed by atoms with Gasteiger partial charge in [0, 0.05) is 49.2 Å². The first kappa shape index (κ1) is 19.0. The van der Waals surface area contributed by atoms with Crippen molar-refractivity contribution < 1.29 is 14.8 Å². The van der Waals surface area contributed by atoms with Gasteiger partial charge < -0.3 is 14.4 Å². The molecule has 4 rings (SSSR count). The van der Waals surface area contributed by atoms with E-state index in [0.717, 1.165) is 36.3 Å². The highest BCUT2D eigenvalue weighted by Gasteiger charge is 2.29. The normalized spacial score (nSPS) is 16.8. The molecule has 150 valence electrons. The second kappa shape index (κ2) is 7.97. The summed E-state index contributed by atoms with van der Waals surface area (Å²) in [5.41, 5.74) is 2.79. The summed E-state index contributed by atoms with van der Waals surface area (Å²) in [5.74, 6) is 0.569. The lowest BCUT2D eigenvalue weighted by atomic mass is 10.00. The molecule has 0 saturated carbocycles. The average molecular weight is 393 g/mol. The summed E-state index contributed by atoms with van der Waals surface area (Å²) in [7, 11) is 1.53. The number of hydrogen-bond donors (Lipinski definition) is 1. The number of hydrogen-bond acceptors (Lipinski definition) is 5. The van der Waals surface area contributed by atoms with E-state index in [2.05, 4.69) is 15.5 Å². The van der Waals surface area contributed by atoms with Crippen LogP contribution in [0.2, 0.25) is 0 Å². The number of phenols is 1. The van der Waals surface area contributed by atoms with Crippen molar-refractivity contribution in [2.24, 2.45) is 0 Å². The molecule has 2 aromatic carbocycles. The maximum atomic E-state index is 11.3. The van der Waals surface area contributed by atoms with Gasteiger partial charge in [0.1, 0.15) is 0 Å². The summed E-state index contributed by atoms with van der Waals surface area (Å²) < 4.78 is 7.45. The van der Waals surface area contributed by atoms with Crippen LogP contribution in [0.3, 0.4) is 0 Å². The van der Waals surface area contributed by atoms with Crippen LogP contribution in [0.5, 0.6) is 11.5 Å². The van der Waals surface area contributed by atoms with Crippen LogP contribution in [0.15, 0.2) is 60.8 Å². The maximum Gasteiger partial charge on any atom is 0.269 e. The topological polar surface area (TPSA) is 80.8 Å². The molecule has 1 N–H and O–H groups in total. The number of fused-ring (bicyclic) bond motifs is 1. The molecule has 1 atom stereocenters. The van der Waals surface area contributed by atoms with E-state index in [-0.39, 0.29) is 22.4 Å². The van der Waals surface area contributed by atoms with Gasteiger partial charge in [0.05, 0.1) is 18.1 Å². The zero-order valence-electron chi connectivity index (χ0n) is 16.2. The van der Waals surface area contributed by atoms with Crippen molar-refractivity contribution in [1.29, 1.82) is 0 Å². The minimum atomic E-state index is -0.364. The Hall–Kier alpha value is -3.32. The minimum absolute atomic E-state index is 0.0778. The Labute approximate surface area is 168 Å². The van der Waals surface area contributed by atoms with Gasteiger partial charge in [-0.05, 0) is 30.2 Å². The summed E-state index contributed by atoms with van der Waals surface area (Å²) in [4.78, 5) is 13.2. The highest BCUT2D eigenvalue weighted by molar-refractivity contribution is 5.46. The lowest BCUT2D eigenvalue weighted by Crippen LogP contribution is -2.29. The Morgan fingerprint density at radius 1 is 1.17 bits per heavy atom. The molecule has 1 aromatic heterocycles. The Bertz CT molecular complexity index is 1030. The number of ether oxygens (including phenoxy) is 1. The van der Waals surface area contributed by atoms with E-state index in [4.69, 9.17) is 4.74 Å². The smallest absolute Gasteiger partial charge is 0.269 e. The maximum absolute atomic E-state index is 11.3. The van der Waals surface area contributed by atoms with Crippen LogP contribution in [0, 0.1) is 10.1 Å². The lowest BCUT2D eigenvalue weighted by molar-refractivity contribution is -0.384. The molecule has 1 aliphatic rings. The lowest BCUT2D eigenvalue weighted by Gasteiger charge is -2.31. The molecule has 29 heavy (non-hydrogen) atoms. The molecule has 0 saturated heterocycles. The molecule has 0 amide bonds. The SMILES string of the molecule is COc1cccc(CN2CCCn3cccc3[C@@H]2c2cccc([N+](=O)[O-])c2)c1O. The predicted octanol–water partition coefficient (Wildman–Crippen LogP) is 4.11. The Kier molecular flexibility index (Phi) is 5.22. The van der Waals surface area contributed by atoms with Crippen LogP contribution in [-0.2, 0) is 13.1 Å². The Balaban J connectivity index is 1.77. The van der Waals surface area contributed by atoms with Gasteiger partial charge in [-0.1, -0.05) is 24.3 Å². The molecule has 0 unspecified atom stereocenters. The van der Waals surface area contributed by atoms with Crippen molar-refractivity contribution in [3.63, 3.8) is 0 Å². The third-order valence-electron chi connectivity index (χ3n) is 5.43. The van der Waals surface area contributed by atoms with E-state index in [1.54, 1.807) is 18.2 Å². The molecule has 0 radical (unpaired) electrons. The molecule has 0 fully saturated rings. The zero-order chi connectivity index (χ0) is 20.4. The fraction of sp³-hybridized carbons (Fsp3) is 0.273. The van der Waals surface area contributed by atoms with Gasteiger partial charge in [-0.2, -0.15) is 0 Å². The number of nitrogens with zero attached hydrogens (tertiary/aromatic N) is 3. The highest BCUT2D eigenvalue weighted by Crippen LogP contribution is 2.37. The number of aromatic hydroxyl groups is 1. The summed E-state index contributed by atoms with van der Waals surface area (Å²) in [5, 5.41) is 21.9. The molecular formula is C22H23N3O4. The van der Waals surface area contributed by atoms with Gasteiger partial charge >= 0.3 is 0 Å². The van der Waals surface area contributed by atoms with E-state index >= 15 is 0 Å². The first-order valence-corrected chi connectivity index (χ1v) is 9.57. The van der Waals surface area contributed by atoms with E-state index in [1.165, 1.54) is 13.2 Å². The number of aryl methyl sites for hydroxylation is 1. The van der Waals surface area contributed by atoms with E-state index in [1.807, 2.05) is 30.5 Å². The fourth-order valence-corrected chi connectivity index (χ4v) is 4.08. The van der Waals surface area contributed by atoms with Gasteiger partial charge in [0.2, 0.25) is 0 Å². The van der Waals surface area contributed by atoms with Crippen molar-refractivity contribution in [3.8, 4) is 11.5 Å². The summed E-state index contributed by atoms with van der Waals surface area (Å²) >= 11 is 0. The number of methoxy groups -OCH3 is 1. The third-order valence-corrected chi connectivity index (χ3v) is 5.43. The second-order valence-electron chi connectivity index (χ2n) is 7.17. The molecular weight excluding hydrogens is 370 g/mol. The number of rotatable bonds is 5. The number of aromatic nitrogens is 1. The van der Waals surface area contributed by atoms with Crippen LogP contribution in [0.4, 0.5) is 5.69 Å². The van der Waals surface area contributed by atoms with Gasteiger partial charge in [0.25, 0.3) is 5.69 Å².